The molecule has 0 unspecified atom stereocenters. The number of hydrogen-bond acceptors (Lipinski definition) is 3. The van der Waals surface area contributed by atoms with Crippen molar-refractivity contribution in [3.63, 3.8) is 0 Å². The zero-order valence-corrected chi connectivity index (χ0v) is 19.0. The van der Waals surface area contributed by atoms with Crippen LogP contribution in [0.2, 0.25) is 0 Å². The van der Waals surface area contributed by atoms with Crippen LogP contribution in [0.4, 0.5) is 0 Å². The monoisotopic (exact) mass is 405 g/mol. The number of hydroxylamine groups is 2. The van der Waals surface area contributed by atoms with Crippen LogP contribution in [-0.2, 0) is 16.1 Å². The average Bonchev–Trinajstić information content (AvgIpc) is 2.73. The van der Waals surface area contributed by atoms with Gasteiger partial charge in [0.15, 0.2) is 6.04 Å². The second kappa shape index (κ2) is 17.5. The van der Waals surface area contributed by atoms with E-state index >= 15 is 0 Å². The highest BCUT2D eigenvalue weighted by molar-refractivity contribution is 5.75. The molecule has 0 aromatic heterocycles. The highest BCUT2D eigenvalue weighted by Crippen LogP contribution is 2.06. The van der Waals surface area contributed by atoms with Crippen LogP contribution >= 0.6 is 0 Å². The third-order valence-corrected chi connectivity index (χ3v) is 5.46. The van der Waals surface area contributed by atoms with E-state index in [-0.39, 0.29) is 5.97 Å². The van der Waals surface area contributed by atoms with Crippen molar-refractivity contribution < 1.29 is 14.7 Å². The number of hydrogen-bond donors (Lipinski definition) is 2. The molecule has 29 heavy (non-hydrogen) atoms. The first-order valence-electron chi connectivity index (χ1n) is 12.0. The van der Waals surface area contributed by atoms with Gasteiger partial charge in [0.2, 0.25) is 0 Å². The van der Waals surface area contributed by atoms with Gasteiger partial charge in [-0.25, -0.2) is 0 Å². The first-order chi connectivity index (χ1) is 14.2. The SMILES string of the molecule is CCCCCCCC[NH+](CCCCCCCC)OC(=[O+])[C@@H](N)Cc1ccccc1. The van der Waals surface area contributed by atoms with Crippen molar-refractivity contribution in [2.24, 2.45) is 5.73 Å². The van der Waals surface area contributed by atoms with Crippen LogP contribution in [0.3, 0.4) is 0 Å². The lowest BCUT2D eigenvalue weighted by Crippen LogP contribution is -3.11. The third kappa shape index (κ3) is 13.5. The normalized spacial score (nSPS) is 12.3. The van der Waals surface area contributed by atoms with Crippen LogP contribution in [0.1, 0.15) is 96.5 Å². The molecule has 1 aromatic rings. The average molecular weight is 406 g/mol. The first-order valence-corrected chi connectivity index (χ1v) is 12.0. The van der Waals surface area contributed by atoms with Crippen LogP contribution in [0.15, 0.2) is 30.3 Å². The summed E-state index contributed by atoms with van der Waals surface area (Å²) in [6.45, 7) is 6.27. The Kier molecular flexibility index (Phi) is 15.4. The van der Waals surface area contributed by atoms with E-state index in [9.17, 15) is 4.79 Å². The van der Waals surface area contributed by atoms with Gasteiger partial charge in [-0.3, -0.25) is 0 Å². The van der Waals surface area contributed by atoms with E-state index in [0.717, 1.165) is 36.6 Å². The highest BCUT2D eigenvalue weighted by Gasteiger charge is 2.35. The Morgan fingerprint density at radius 3 is 1.83 bits per heavy atom. The molecule has 4 nitrogen and oxygen atoms in total. The second-order valence-electron chi connectivity index (χ2n) is 8.29. The molecule has 165 valence electrons. The van der Waals surface area contributed by atoms with Crippen LogP contribution < -0.4 is 10.8 Å². The van der Waals surface area contributed by atoms with Gasteiger partial charge in [-0.2, -0.15) is 0 Å². The molecule has 1 rings (SSSR count). The molecule has 0 saturated heterocycles. The summed E-state index contributed by atoms with van der Waals surface area (Å²) in [6.07, 6.45) is 15.5. The maximum absolute atomic E-state index is 12.5. The largest absolute Gasteiger partial charge is 0.655 e. The smallest absolute Gasteiger partial charge is 0.313 e. The predicted molar refractivity (Wildman–Crippen MR) is 122 cm³/mol. The summed E-state index contributed by atoms with van der Waals surface area (Å²) in [4.78, 5) is 18.3. The minimum absolute atomic E-state index is 0.277. The molecule has 0 bridgehead atoms. The lowest BCUT2D eigenvalue weighted by molar-refractivity contribution is -1.07. The number of benzene rings is 1. The molecule has 1 atom stereocenters. The van der Waals surface area contributed by atoms with Gasteiger partial charge in [0.25, 0.3) is 0 Å². The summed E-state index contributed by atoms with van der Waals surface area (Å²) >= 11 is 0. The molecule has 3 N–H and O–H groups in total. The van der Waals surface area contributed by atoms with Gasteiger partial charge in [-0.15, -0.1) is 0 Å². The molecule has 0 saturated carbocycles. The van der Waals surface area contributed by atoms with Gasteiger partial charge in [-0.1, -0.05) is 105 Å². The number of rotatable bonds is 18. The molecule has 0 spiro atoms. The fourth-order valence-electron chi connectivity index (χ4n) is 3.60. The quantitative estimate of drug-likeness (QED) is 0.213. The minimum Gasteiger partial charge on any atom is -0.313 e. The molecule has 1 radical (unpaired) electrons. The summed E-state index contributed by atoms with van der Waals surface area (Å²) in [5.74, 6) is -0.277. The number of quaternary nitrogens is 1. The molecule has 4 heteroatoms. The molecule has 0 aliphatic rings. The van der Waals surface area contributed by atoms with E-state index in [2.05, 4.69) is 13.8 Å². The molecular formula is C25H45N2O2+2. The zero-order valence-electron chi connectivity index (χ0n) is 19.0. The van der Waals surface area contributed by atoms with Crippen molar-refractivity contribution in [2.45, 2.75) is 103 Å². The van der Waals surface area contributed by atoms with Gasteiger partial charge < -0.3 is 5.73 Å². The minimum atomic E-state index is -0.596. The maximum atomic E-state index is 12.5. The second-order valence-corrected chi connectivity index (χ2v) is 8.29. The summed E-state index contributed by atoms with van der Waals surface area (Å²) in [5.41, 5.74) is 7.20. The van der Waals surface area contributed by atoms with E-state index in [0.29, 0.717) is 6.42 Å². The molecule has 0 aliphatic heterocycles. The Hall–Kier alpha value is -1.39. The van der Waals surface area contributed by atoms with E-state index in [1.165, 1.54) is 64.2 Å². The van der Waals surface area contributed by atoms with Crippen LogP contribution in [-0.4, -0.2) is 25.1 Å². The standard InChI is InChI=1S/C25H44N2O2/c1-3-5-7-9-11-16-20-27(21-17-12-10-8-6-4-2)29-25(28)24(26)22-23-18-14-13-15-19-23/h13-15,18-19,24H,3-12,16-17,20-22,26H2,1-2H3/q+1/p+1/t24-/m0/s1. The number of carbonyl (C=O) groups is 1. The summed E-state index contributed by atoms with van der Waals surface area (Å²) in [5, 5.41) is 0.949. The summed E-state index contributed by atoms with van der Waals surface area (Å²) in [7, 11) is 0. The Bertz CT molecular complexity index is 491. The van der Waals surface area contributed by atoms with E-state index < -0.39 is 6.04 Å². The third-order valence-electron chi connectivity index (χ3n) is 5.46. The predicted octanol–water partition coefficient (Wildman–Crippen LogP) is 4.62. The number of nitrogens with one attached hydrogen (secondary N) is 1. The number of unbranched alkanes of at least 4 members (excludes halogenated alkanes) is 10. The van der Waals surface area contributed by atoms with Gasteiger partial charge in [-0.05, 0) is 18.4 Å². The van der Waals surface area contributed by atoms with Gasteiger partial charge >= 0.3 is 5.97 Å². The van der Waals surface area contributed by atoms with Crippen LogP contribution in [0.25, 0.3) is 0 Å². The number of carbonyl (C=O) groups excluding carboxylic acids is 1. The van der Waals surface area contributed by atoms with Crippen molar-refractivity contribution in [3.8, 4) is 0 Å². The van der Waals surface area contributed by atoms with Gasteiger partial charge in [0.05, 0.1) is 4.79 Å². The Morgan fingerprint density at radius 1 is 0.828 bits per heavy atom. The van der Waals surface area contributed by atoms with Crippen molar-refractivity contribution >= 4 is 5.97 Å². The lowest BCUT2D eigenvalue weighted by atomic mass is 10.1. The topological polar surface area (TPSA) is 59.6 Å². The summed E-state index contributed by atoms with van der Waals surface area (Å²) in [6, 6.07) is 9.33. The van der Waals surface area contributed by atoms with Crippen LogP contribution in [0, 0.1) is 0 Å². The molecule has 0 fully saturated rings. The molecule has 0 aliphatic carbocycles. The maximum Gasteiger partial charge on any atom is 0.655 e. The van der Waals surface area contributed by atoms with Gasteiger partial charge in [0.1, 0.15) is 13.1 Å². The number of nitrogens with two attached hydrogens (primary N) is 1. The van der Waals surface area contributed by atoms with Crippen molar-refractivity contribution in [3.05, 3.63) is 35.9 Å². The molecular weight excluding hydrogens is 360 g/mol. The Balaban J connectivity index is 2.39. The fourth-order valence-corrected chi connectivity index (χ4v) is 3.60. The van der Waals surface area contributed by atoms with Crippen molar-refractivity contribution in [1.82, 2.24) is 0 Å². The van der Waals surface area contributed by atoms with E-state index in [1.54, 1.807) is 0 Å². The van der Waals surface area contributed by atoms with Crippen molar-refractivity contribution in [2.75, 3.05) is 13.1 Å². The Morgan fingerprint density at radius 2 is 1.31 bits per heavy atom. The van der Waals surface area contributed by atoms with Crippen molar-refractivity contribution in [1.29, 1.82) is 0 Å². The van der Waals surface area contributed by atoms with Crippen LogP contribution in [0.5, 0.6) is 0 Å². The van der Waals surface area contributed by atoms with E-state index in [4.69, 9.17) is 10.6 Å². The Labute approximate surface area is 179 Å². The summed E-state index contributed by atoms with van der Waals surface area (Å²) < 4.78 is 0. The first kappa shape index (κ1) is 25.6. The highest BCUT2D eigenvalue weighted by atomic mass is 16.7. The fraction of sp³-hybridized carbons (Fsp3) is 0.720. The molecule has 0 amide bonds. The molecule has 0 heterocycles. The molecule has 1 aromatic carbocycles. The lowest BCUT2D eigenvalue weighted by Gasteiger charge is -2.11. The van der Waals surface area contributed by atoms with Gasteiger partial charge in [0, 0.05) is 19.3 Å². The zero-order chi connectivity index (χ0) is 21.2. The van der Waals surface area contributed by atoms with E-state index in [1.807, 2.05) is 30.3 Å².